The first-order chi connectivity index (χ1) is 17.7. The summed E-state index contributed by atoms with van der Waals surface area (Å²) in [6, 6.07) is 18.2. The van der Waals surface area contributed by atoms with Gasteiger partial charge in [0.2, 0.25) is 0 Å². The molecule has 7 heteroatoms. The molecule has 1 fully saturated rings. The molecule has 0 aliphatic carbocycles. The SMILES string of the molecule is Cc1cccc(C2/C(=C(/O)c3ccc4c(c3)CCO4)C(=O)C(=O)N2c2ccc(C(=O)OC(C)C)cc2)c1. The number of benzene rings is 3. The van der Waals surface area contributed by atoms with Crippen LogP contribution in [0.5, 0.6) is 5.75 Å². The number of hydrogen-bond donors (Lipinski definition) is 1. The van der Waals surface area contributed by atoms with Gasteiger partial charge in [-0.05, 0) is 74.4 Å². The van der Waals surface area contributed by atoms with Crippen molar-refractivity contribution in [3.63, 3.8) is 0 Å². The number of aliphatic hydroxyl groups is 1. The van der Waals surface area contributed by atoms with Crippen LogP contribution in [0.4, 0.5) is 5.69 Å². The number of fused-ring (bicyclic) bond motifs is 1. The van der Waals surface area contributed by atoms with Gasteiger partial charge in [-0.2, -0.15) is 0 Å². The van der Waals surface area contributed by atoms with E-state index in [1.54, 1.807) is 56.3 Å². The number of carbonyl (C=O) groups is 3. The van der Waals surface area contributed by atoms with Crippen molar-refractivity contribution in [3.05, 3.63) is 100 Å². The number of anilines is 1. The molecule has 188 valence electrons. The standard InChI is InChI=1S/C30H27NO6/c1-17(2)37-30(35)19-7-10-23(11-8-19)31-26(21-6-4-5-18(3)15-21)25(28(33)29(31)34)27(32)22-9-12-24-20(16-22)13-14-36-24/h4-12,15-17,26,32H,13-14H2,1-3H3/b27-25-. The van der Waals surface area contributed by atoms with Crippen LogP contribution in [0.15, 0.2) is 72.3 Å². The summed E-state index contributed by atoms with van der Waals surface area (Å²) in [5, 5.41) is 11.4. The summed E-state index contributed by atoms with van der Waals surface area (Å²) < 4.78 is 10.8. The van der Waals surface area contributed by atoms with Crippen molar-refractivity contribution >= 4 is 29.1 Å². The maximum absolute atomic E-state index is 13.4. The molecule has 0 radical (unpaired) electrons. The summed E-state index contributed by atoms with van der Waals surface area (Å²) >= 11 is 0. The number of ketones is 1. The van der Waals surface area contributed by atoms with E-state index in [9.17, 15) is 19.5 Å². The van der Waals surface area contributed by atoms with Gasteiger partial charge in [-0.25, -0.2) is 4.79 Å². The van der Waals surface area contributed by atoms with Gasteiger partial charge in [0.1, 0.15) is 11.5 Å². The molecule has 0 spiro atoms. The number of aliphatic hydroxyl groups excluding tert-OH is 1. The predicted molar refractivity (Wildman–Crippen MR) is 139 cm³/mol. The van der Waals surface area contributed by atoms with Crippen LogP contribution in [0.1, 0.15) is 52.5 Å². The largest absolute Gasteiger partial charge is 0.507 e. The Morgan fingerprint density at radius 2 is 1.76 bits per heavy atom. The van der Waals surface area contributed by atoms with Gasteiger partial charge in [0.05, 0.1) is 29.9 Å². The Bertz CT molecular complexity index is 1440. The first-order valence-corrected chi connectivity index (χ1v) is 12.2. The van der Waals surface area contributed by atoms with Crippen LogP contribution in [0.2, 0.25) is 0 Å². The Labute approximate surface area is 214 Å². The number of rotatable bonds is 5. The van der Waals surface area contributed by atoms with E-state index in [1.165, 1.54) is 4.90 Å². The normalized spacial score (nSPS) is 18.2. The molecule has 0 bridgehead atoms. The van der Waals surface area contributed by atoms with Crippen molar-refractivity contribution in [3.8, 4) is 5.75 Å². The zero-order chi connectivity index (χ0) is 26.3. The van der Waals surface area contributed by atoms with Gasteiger partial charge in [0.25, 0.3) is 11.7 Å². The monoisotopic (exact) mass is 497 g/mol. The Hall–Kier alpha value is -4.39. The van der Waals surface area contributed by atoms with Crippen LogP contribution in [0.25, 0.3) is 5.76 Å². The number of esters is 1. The van der Waals surface area contributed by atoms with Crippen molar-refractivity contribution in [2.45, 2.75) is 39.3 Å². The van der Waals surface area contributed by atoms with Crippen molar-refractivity contribution in [2.75, 3.05) is 11.5 Å². The lowest BCUT2D eigenvalue weighted by molar-refractivity contribution is -0.132. The molecular weight excluding hydrogens is 470 g/mol. The summed E-state index contributed by atoms with van der Waals surface area (Å²) in [6.07, 6.45) is 0.439. The van der Waals surface area contributed by atoms with Gasteiger partial charge in [0.15, 0.2) is 0 Å². The Morgan fingerprint density at radius 1 is 1.03 bits per heavy atom. The quantitative estimate of drug-likeness (QED) is 0.228. The fourth-order valence-electron chi connectivity index (χ4n) is 4.78. The van der Waals surface area contributed by atoms with Crippen molar-refractivity contribution in [2.24, 2.45) is 0 Å². The number of ether oxygens (including phenoxy) is 2. The minimum atomic E-state index is -0.849. The molecule has 7 nitrogen and oxygen atoms in total. The van der Waals surface area contributed by atoms with Crippen LogP contribution in [0, 0.1) is 6.92 Å². The third-order valence-corrected chi connectivity index (χ3v) is 6.49. The molecule has 2 aliphatic rings. The van der Waals surface area contributed by atoms with Crippen LogP contribution < -0.4 is 9.64 Å². The summed E-state index contributed by atoms with van der Waals surface area (Å²) in [5.41, 5.74) is 3.80. The molecule has 2 aliphatic heterocycles. The average molecular weight is 498 g/mol. The van der Waals surface area contributed by atoms with E-state index in [1.807, 2.05) is 31.2 Å². The molecule has 1 saturated heterocycles. The van der Waals surface area contributed by atoms with E-state index in [4.69, 9.17) is 9.47 Å². The summed E-state index contributed by atoms with van der Waals surface area (Å²) in [5.74, 6) is -1.49. The lowest BCUT2D eigenvalue weighted by atomic mass is 9.93. The summed E-state index contributed by atoms with van der Waals surface area (Å²) in [6.45, 7) is 6.02. The Morgan fingerprint density at radius 3 is 2.46 bits per heavy atom. The van der Waals surface area contributed by atoms with E-state index < -0.39 is 23.7 Å². The highest BCUT2D eigenvalue weighted by Gasteiger charge is 2.47. The summed E-state index contributed by atoms with van der Waals surface area (Å²) in [4.78, 5) is 40.5. The highest BCUT2D eigenvalue weighted by molar-refractivity contribution is 6.51. The second-order valence-corrected chi connectivity index (χ2v) is 9.51. The Balaban J connectivity index is 1.62. The number of Topliss-reactive ketones (excluding diaryl/α,β-unsaturated/α-hetero) is 1. The third-order valence-electron chi connectivity index (χ3n) is 6.49. The minimum Gasteiger partial charge on any atom is -0.507 e. The molecule has 5 rings (SSSR count). The molecule has 3 aromatic carbocycles. The van der Waals surface area contributed by atoms with Gasteiger partial charge in [-0.3, -0.25) is 14.5 Å². The highest BCUT2D eigenvalue weighted by atomic mass is 16.5. The van der Waals surface area contributed by atoms with Crippen molar-refractivity contribution in [1.29, 1.82) is 0 Å². The molecular formula is C30H27NO6. The maximum Gasteiger partial charge on any atom is 0.338 e. The van der Waals surface area contributed by atoms with E-state index in [0.29, 0.717) is 35.4 Å². The second kappa shape index (κ2) is 9.58. The lowest BCUT2D eigenvalue weighted by Crippen LogP contribution is -2.29. The number of amides is 1. The molecule has 1 unspecified atom stereocenters. The number of carbonyl (C=O) groups excluding carboxylic acids is 3. The van der Waals surface area contributed by atoms with Crippen molar-refractivity contribution in [1.82, 2.24) is 0 Å². The van der Waals surface area contributed by atoms with Gasteiger partial charge in [-0.1, -0.05) is 29.8 Å². The first kappa shape index (κ1) is 24.3. The van der Waals surface area contributed by atoms with Crippen molar-refractivity contribution < 1.29 is 29.0 Å². The van der Waals surface area contributed by atoms with E-state index in [-0.39, 0.29) is 17.4 Å². The number of aryl methyl sites for hydroxylation is 1. The first-order valence-electron chi connectivity index (χ1n) is 12.2. The van der Waals surface area contributed by atoms with Crippen LogP contribution in [-0.4, -0.2) is 35.5 Å². The number of hydrogen-bond acceptors (Lipinski definition) is 6. The van der Waals surface area contributed by atoms with E-state index >= 15 is 0 Å². The van der Waals surface area contributed by atoms with Crippen LogP contribution in [-0.2, 0) is 20.7 Å². The smallest absolute Gasteiger partial charge is 0.338 e. The maximum atomic E-state index is 13.4. The molecule has 3 aromatic rings. The van der Waals surface area contributed by atoms with Gasteiger partial charge >= 0.3 is 5.97 Å². The molecule has 1 N–H and O–H groups in total. The van der Waals surface area contributed by atoms with Crippen LogP contribution in [0.3, 0.4) is 0 Å². The van der Waals surface area contributed by atoms with E-state index in [2.05, 4.69) is 0 Å². The van der Waals surface area contributed by atoms with Gasteiger partial charge < -0.3 is 14.6 Å². The molecule has 1 atom stereocenters. The molecule has 37 heavy (non-hydrogen) atoms. The molecule has 1 amide bonds. The topological polar surface area (TPSA) is 93.1 Å². The zero-order valence-electron chi connectivity index (χ0n) is 20.9. The lowest BCUT2D eigenvalue weighted by Gasteiger charge is -2.26. The molecule has 2 heterocycles. The Kier molecular flexibility index (Phi) is 6.29. The van der Waals surface area contributed by atoms with Gasteiger partial charge in [-0.15, -0.1) is 0 Å². The predicted octanol–water partition coefficient (Wildman–Crippen LogP) is 5.12. The second-order valence-electron chi connectivity index (χ2n) is 9.51. The fraction of sp³-hybridized carbons (Fsp3) is 0.233. The van der Waals surface area contributed by atoms with E-state index in [0.717, 1.165) is 16.9 Å². The minimum absolute atomic E-state index is 0.0118. The van der Waals surface area contributed by atoms with Gasteiger partial charge in [0, 0.05) is 17.7 Å². The summed E-state index contributed by atoms with van der Waals surface area (Å²) in [7, 11) is 0. The third kappa shape index (κ3) is 4.48. The molecule has 0 saturated carbocycles. The highest BCUT2D eigenvalue weighted by Crippen LogP contribution is 2.43. The average Bonchev–Trinajstić information content (AvgIpc) is 3.45. The zero-order valence-corrected chi connectivity index (χ0v) is 20.9. The number of nitrogens with zero attached hydrogens (tertiary/aromatic N) is 1. The molecule has 0 aromatic heterocycles. The van der Waals surface area contributed by atoms with Crippen LogP contribution >= 0.6 is 0 Å². The fourth-order valence-corrected chi connectivity index (χ4v) is 4.78.